The number of rotatable bonds is 6. The maximum atomic E-state index is 12.0. The summed E-state index contributed by atoms with van der Waals surface area (Å²) in [5, 5.41) is -0.0346. The van der Waals surface area contributed by atoms with Crippen molar-refractivity contribution >= 4 is 31.5 Å². The molecule has 0 saturated heterocycles. The molecule has 0 spiro atoms. The molecular formula is C10H15ClN2O4S2. The third-order valence-electron chi connectivity index (χ3n) is 2.29. The van der Waals surface area contributed by atoms with E-state index in [1.807, 2.05) is 0 Å². The first kappa shape index (κ1) is 16.4. The lowest BCUT2D eigenvalue weighted by Crippen LogP contribution is -2.26. The van der Waals surface area contributed by atoms with Gasteiger partial charge < -0.3 is 5.73 Å². The van der Waals surface area contributed by atoms with Crippen LogP contribution in [-0.2, 0) is 19.9 Å². The fourth-order valence-electron chi connectivity index (χ4n) is 1.31. The van der Waals surface area contributed by atoms with Crippen LogP contribution in [0.2, 0.25) is 5.02 Å². The van der Waals surface area contributed by atoms with Gasteiger partial charge >= 0.3 is 0 Å². The van der Waals surface area contributed by atoms with Gasteiger partial charge in [-0.15, -0.1) is 0 Å². The molecule has 1 aromatic rings. The van der Waals surface area contributed by atoms with Gasteiger partial charge in [0.05, 0.1) is 9.92 Å². The number of benzene rings is 1. The van der Waals surface area contributed by atoms with Crippen molar-refractivity contribution in [2.45, 2.75) is 16.2 Å². The van der Waals surface area contributed by atoms with Gasteiger partial charge in [-0.2, -0.15) is 0 Å². The number of hydrogen-bond donors (Lipinski definition) is 2. The van der Waals surface area contributed by atoms with Crippen molar-refractivity contribution in [2.24, 2.45) is 5.73 Å². The van der Waals surface area contributed by atoms with Gasteiger partial charge in [-0.1, -0.05) is 11.6 Å². The molecule has 0 bridgehead atoms. The van der Waals surface area contributed by atoms with E-state index in [4.69, 9.17) is 17.3 Å². The molecule has 0 heterocycles. The Labute approximate surface area is 117 Å². The van der Waals surface area contributed by atoms with Crippen LogP contribution in [0.3, 0.4) is 0 Å². The minimum Gasteiger partial charge on any atom is -0.330 e. The Morgan fingerprint density at radius 1 is 1.26 bits per heavy atom. The van der Waals surface area contributed by atoms with Crippen LogP contribution < -0.4 is 10.5 Å². The van der Waals surface area contributed by atoms with E-state index in [1.54, 1.807) is 0 Å². The van der Waals surface area contributed by atoms with Gasteiger partial charge in [0.25, 0.3) is 0 Å². The van der Waals surface area contributed by atoms with Gasteiger partial charge in [-0.3, -0.25) is 0 Å². The first-order valence-corrected chi connectivity index (χ1v) is 9.13. The molecule has 0 amide bonds. The largest absolute Gasteiger partial charge is 0.330 e. The Bertz CT molecular complexity index is 656. The fraction of sp³-hybridized carbons (Fsp3) is 0.400. The average Bonchev–Trinajstić information content (AvgIpc) is 2.27. The molecule has 0 fully saturated rings. The molecule has 0 unspecified atom stereocenters. The van der Waals surface area contributed by atoms with Gasteiger partial charge in [0.2, 0.25) is 10.0 Å². The van der Waals surface area contributed by atoms with Crippen molar-refractivity contribution in [3.63, 3.8) is 0 Å². The molecule has 0 saturated carbocycles. The van der Waals surface area contributed by atoms with Crippen LogP contribution in [0.5, 0.6) is 0 Å². The number of nitrogens with one attached hydrogen (secondary N) is 1. The van der Waals surface area contributed by atoms with E-state index in [-0.39, 0.29) is 21.4 Å². The van der Waals surface area contributed by atoms with E-state index < -0.39 is 19.9 Å². The quantitative estimate of drug-likeness (QED) is 0.735. The standard InChI is InChI=1S/C10H15ClN2O4S2/c1-18(14,15)8-3-4-9(11)10(7-8)19(16,17)13-6-2-5-12/h3-4,7,13H,2,5-6,12H2,1H3. The summed E-state index contributed by atoms with van der Waals surface area (Å²) in [6.45, 7) is 0.512. The van der Waals surface area contributed by atoms with Gasteiger partial charge in [0.15, 0.2) is 9.84 Å². The molecule has 3 N–H and O–H groups in total. The molecule has 1 rings (SSSR count). The predicted octanol–water partition coefficient (Wildman–Crippen LogP) is 0.371. The zero-order valence-corrected chi connectivity index (χ0v) is 12.6. The van der Waals surface area contributed by atoms with E-state index >= 15 is 0 Å². The van der Waals surface area contributed by atoms with Crippen molar-refractivity contribution in [1.29, 1.82) is 0 Å². The summed E-state index contributed by atoms with van der Waals surface area (Å²) in [5.41, 5.74) is 5.27. The number of sulfonamides is 1. The molecule has 0 aliphatic heterocycles. The Hall–Kier alpha value is -0.670. The average molecular weight is 327 g/mol. The first-order valence-electron chi connectivity index (χ1n) is 5.38. The SMILES string of the molecule is CS(=O)(=O)c1ccc(Cl)c(S(=O)(=O)NCCCN)c1. The summed E-state index contributed by atoms with van der Waals surface area (Å²) in [6.07, 6.45) is 1.47. The van der Waals surface area contributed by atoms with Gasteiger partial charge in [0.1, 0.15) is 4.90 Å². The monoisotopic (exact) mass is 326 g/mol. The predicted molar refractivity (Wildman–Crippen MR) is 73.4 cm³/mol. The zero-order chi connectivity index (χ0) is 14.7. The summed E-state index contributed by atoms with van der Waals surface area (Å²) in [5.74, 6) is 0. The van der Waals surface area contributed by atoms with Crippen molar-refractivity contribution < 1.29 is 16.8 Å². The molecule has 9 heteroatoms. The molecule has 108 valence electrons. The van der Waals surface area contributed by atoms with Crippen LogP contribution in [0.15, 0.2) is 28.0 Å². The number of hydrogen-bond acceptors (Lipinski definition) is 5. The van der Waals surface area contributed by atoms with Crippen LogP contribution in [0.1, 0.15) is 6.42 Å². The second-order valence-corrected chi connectivity index (χ2v) is 8.06. The van der Waals surface area contributed by atoms with Crippen LogP contribution in [0.25, 0.3) is 0 Å². The summed E-state index contributed by atoms with van der Waals surface area (Å²) >= 11 is 5.80. The maximum Gasteiger partial charge on any atom is 0.242 e. The van der Waals surface area contributed by atoms with Gasteiger partial charge in [-0.25, -0.2) is 21.6 Å². The molecule has 1 aromatic carbocycles. The van der Waals surface area contributed by atoms with Crippen molar-refractivity contribution in [1.82, 2.24) is 4.72 Å². The lowest BCUT2D eigenvalue weighted by atomic mass is 10.4. The lowest BCUT2D eigenvalue weighted by Gasteiger charge is -2.09. The van der Waals surface area contributed by atoms with E-state index in [0.717, 1.165) is 12.3 Å². The van der Waals surface area contributed by atoms with E-state index in [1.165, 1.54) is 12.1 Å². The highest BCUT2D eigenvalue weighted by Crippen LogP contribution is 2.24. The van der Waals surface area contributed by atoms with E-state index in [0.29, 0.717) is 13.0 Å². The lowest BCUT2D eigenvalue weighted by molar-refractivity contribution is 0.579. The molecular weight excluding hydrogens is 312 g/mol. The summed E-state index contributed by atoms with van der Waals surface area (Å²) < 4.78 is 49.1. The van der Waals surface area contributed by atoms with Crippen molar-refractivity contribution in [3.05, 3.63) is 23.2 Å². The number of nitrogens with two attached hydrogens (primary N) is 1. The highest BCUT2D eigenvalue weighted by atomic mass is 35.5. The second-order valence-electron chi connectivity index (χ2n) is 3.90. The summed E-state index contributed by atoms with van der Waals surface area (Å²) in [6, 6.07) is 3.55. The van der Waals surface area contributed by atoms with Crippen LogP contribution in [-0.4, -0.2) is 36.2 Å². The van der Waals surface area contributed by atoms with Crippen molar-refractivity contribution in [2.75, 3.05) is 19.3 Å². The molecule has 19 heavy (non-hydrogen) atoms. The second kappa shape index (κ2) is 6.19. The first-order chi connectivity index (χ1) is 8.68. The van der Waals surface area contributed by atoms with Crippen LogP contribution >= 0.6 is 11.6 Å². The number of halogens is 1. The van der Waals surface area contributed by atoms with Crippen LogP contribution in [0.4, 0.5) is 0 Å². The Morgan fingerprint density at radius 3 is 2.42 bits per heavy atom. The highest BCUT2D eigenvalue weighted by molar-refractivity contribution is 7.91. The minimum atomic E-state index is -3.85. The fourth-order valence-corrected chi connectivity index (χ4v) is 3.63. The summed E-state index contributed by atoms with van der Waals surface area (Å²) in [7, 11) is -7.35. The maximum absolute atomic E-state index is 12.0. The van der Waals surface area contributed by atoms with Gasteiger partial charge in [-0.05, 0) is 31.2 Å². The van der Waals surface area contributed by atoms with Crippen LogP contribution in [0, 0.1) is 0 Å². The topological polar surface area (TPSA) is 106 Å². The van der Waals surface area contributed by atoms with E-state index in [9.17, 15) is 16.8 Å². The molecule has 6 nitrogen and oxygen atoms in total. The molecule has 0 atom stereocenters. The third-order valence-corrected chi connectivity index (χ3v) is 5.35. The Kier molecular flexibility index (Phi) is 5.34. The molecule has 0 aliphatic carbocycles. The zero-order valence-electron chi connectivity index (χ0n) is 10.3. The molecule has 0 aromatic heterocycles. The summed E-state index contributed by atoms with van der Waals surface area (Å²) in [4.78, 5) is -0.356. The minimum absolute atomic E-state index is 0.0346. The normalized spacial score (nSPS) is 12.6. The smallest absolute Gasteiger partial charge is 0.242 e. The van der Waals surface area contributed by atoms with Gasteiger partial charge in [0, 0.05) is 12.8 Å². The molecule has 0 radical (unpaired) electrons. The Morgan fingerprint density at radius 2 is 1.89 bits per heavy atom. The van der Waals surface area contributed by atoms with Crippen molar-refractivity contribution in [3.8, 4) is 0 Å². The van der Waals surface area contributed by atoms with E-state index in [2.05, 4.69) is 4.72 Å². The Balaban J connectivity index is 3.19. The highest BCUT2D eigenvalue weighted by Gasteiger charge is 2.20. The number of sulfone groups is 1. The molecule has 0 aliphatic rings. The third kappa shape index (κ3) is 4.43.